The van der Waals surface area contributed by atoms with E-state index in [9.17, 15) is 0 Å². The van der Waals surface area contributed by atoms with E-state index >= 15 is 0 Å². The minimum atomic E-state index is 0.569. The summed E-state index contributed by atoms with van der Waals surface area (Å²) in [6, 6.07) is 4.03. The van der Waals surface area contributed by atoms with Gasteiger partial charge < -0.3 is 5.32 Å². The Morgan fingerprint density at radius 2 is 2.18 bits per heavy atom. The van der Waals surface area contributed by atoms with Gasteiger partial charge in [0.2, 0.25) is 0 Å². The van der Waals surface area contributed by atoms with Crippen molar-refractivity contribution in [1.29, 1.82) is 5.26 Å². The lowest BCUT2D eigenvalue weighted by molar-refractivity contribution is 0.768. The second-order valence-electron chi connectivity index (χ2n) is 3.91. The Kier molecular flexibility index (Phi) is 2.79. The molecular formula is C12H13N5. The van der Waals surface area contributed by atoms with Crippen LogP contribution in [-0.2, 0) is 7.05 Å². The summed E-state index contributed by atoms with van der Waals surface area (Å²) in [6.45, 7) is 3.74. The van der Waals surface area contributed by atoms with E-state index in [1.54, 1.807) is 10.9 Å². The first-order chi connectivity index (χ1) is 8.10. The highest BCUT2D eigenvalue weighted by Gasteiger charge is 2.08. The summed E-state index contributed by atoms with van der Waals surface area (Å²) in [4.78, 5) is 4.27. The summed E-state index contributed by atoms with van der Waals surface area (Å²) in [5.41, 5.74) is 3.81. The third-order valence-electron chi connectivity index (χ3n) is 2.42. The third-order valence-corrected chi connectivity index (χ3v) is 2.42. The Labute approximate surface area is 99.7 Å². The van der Waals surface area contributed by atoms with Crippen molar-refractivity contribution in [2.45, 2.75) is 13.8 Å². The van der Waals surface area contributed by atoms with Gasteiger partial charge in [0.25, 0.3) is 0 Å². The van der Waals surface area contributed by atoms with Gasteiger partial charge in [-0.3, -0.25) is 9.67 Å². The molecule has 2 aromatic heterocycles. The van der Waals surface area contributed by atoms with Crippen LogP contribution in [0.5, 0.6) is 0 Å². The quantitative estimate of drug-likeness (QED) is 0.852. The topological polar surface area (TPSA) is 66.5 Å². The van der Waals surface area contributed by atoms with Gasteiger partial charge in [0, 0.05) is 18.9 Å². The van der Waals surface area contributed by atoms with Crippen LogP contribution in [0.15, 0.2) is 18.5 Å². The average molecular weight is 227 g/mol. The molecule has 0 radical (unpaired) electrons. The van der Waals surface area contributed by atoms with Gasteiger partial charge in [-0.2, -0.15) is 10.4 Å². The molecule has 0 aliphatic rings. The highest BCUT2D eigenvalue weighted by atomic mass is 15.3. The number of nitrogens with zero attached hydrogens (tertiary/aromatic N) is 4. The smallest absolute Gasteiger partial charge is 0.103 e. The van der Waals surface area contributed by atoms with Crippen LogP contribution in [0.3, 0.4) is 0 Å². The van der Waals surface area contributed by atoms with Crippen LogP contribution in [0, 0.1) is 25.2 Å². The van der Waals surface area contributed by atoms with Crippen LogP contribution >= 0.6 is 0 Å². The zero-order chi connectivity index (χ0) is 12.4. The van der Waals surface area contributed by atoms with E-state index < -0.39 is 0 Å². The molecule has 0 fully saturated rings. The van der Waals surface area contributed by atoms with E-state index in [4.69, 9.17) is 5.26 Å². The van der Waals surface area contributed by atoms with Crippen LogP contribution in [0.4, 0.5) is 11.4 Å². The van der Waals surface area contributed by atoms with E-state index in [2.05, 4.69) is 21.5 Å². The second-order valence-corrected chi connectivity index (χ2v) is 3.91. The van der Waals surface area contributed by atoms with Crippen molar-refractivity contribution in [3.05, 3.63) is 35.4 Å². The molecule has 0 aromatic carbocycles. The second kappa shape index (κ2) is 4.26. The van der Waals surface area contributed by atoms with E-state index in [0.717, 1.165) is 22.8 Å². The molecule has 17 heavy (non-hydrogen) atoms. The van der Waals surface area contributed by atoms with Crippen LogP contribution in [0.1, 0.15) is 17.0 Å². The first kappa shape index (κ1) is 11.1. The molecule has 2 aromatic rings. The summed E-state index contributed by atoms with van der Waals surface area (Å²) in [6.07, 6.45) is 3.57. The van der Waals surface area contributed by atoms with Crippen LogP contribution in [0.2, 0.25) is 0 Å². The SMILES string of the molecule is Cc1cc(Nc2cnn(C)c2)c(C#N)c(C)n1. The fourth-order valence-corrected chi connectivity index (χ4v) is 1.71. The lowest BCUT2D eigenvalue weighted by Gasteiger charge is -2.08. The predicted molar refractivity (Wildman–Crippen MR) is 64.9 cm³/mol. The molecule has 0 aliphatic heterocycles. The van der Waals surface area contributed by atoms with Crippen molar-refractivity contribution in [3.8, 4) is 6.07 Å². The molecule has 86 valence electrons. The average Bonchev–Trinajstić information content (AvgIpc) is 2.63. The molecule has 1 N–H and O–H groups in total. The molecule has 0 aliphatic carbocycles. The monoisotopic (exact) mass is 227 g/mol. The number of aromatic nitrogens is 3. The molecule has 2 heterocycles. The maximum atomic E-state index is 9.12. The molecule has 5 nitrogen and oxygen atoms in total. The van der Waals surface area contributed by atoms with E-state index in [0.29, 0.717) is 5.56 Å². The summed E-state index contributed by atoms with van der Waals surface area (Å²) in [7, 11) is 1.85. The molecule has 2 rings (SSSR count). The molecule has 0 amide bonds. The lowest BCUT2D eigenvalue weighted by Crippen LogP contribution is -1.99. The molecule has 0 unspecified atom stereocenters. The Bertz CT molecular complexity index is 591. The normalized spacial score (nSPS) is 10.0. The number of hydrogen-bond acceptors (Lipinski definition) is 4. The van der Waals surface area contributed by atoms with Crippen molar-refractivity contribution in [1.82, 2.24) is 14.8 Å². The molecule has 0 bridgehead atoms. The number of aryl methyl sites for hydroxylation is 3. The number of rotatable bonds is 2. The fraction of sp³-hybridized carbons (Fsp3) is 0.250. The van der Waals surface area contributed by atoms with Crippen molar-refractivity contribution < 1.29 is 0 Å². The molecule has 0 atom stereocenters. The standard InChI is InChI=1S/C12H13N5/c1-8-4-12(11(5-13)9(2)15-8)16-10-6-14-17(3)7-10/h4,6-7H,1-3H3,(H,15,16). The molecular weight excluding hydrogens is 214 g/mol. The number of hydrogen-bond donors (Lipinski definition) is 1. The van der Waals surface area contributed by atoms with Gasteiger partial charge in [0.15, 0.2) is 0 Å². The molecule has 0 spiro atoms. The number of pyridine rings is 1. The summed E-state index contributed by atoms with van der Waals surface area (Å²) >= 11 is 0. The minimum absolute atomic E-state index is 0.569. The Morgan fingerprint density at radius 3 is 2.76 bits per heavy atom. The first-order valence-electron chi connectivity index (χ1n) is 5.24. The molecule has 5 heteroatoms. The number of nitrogens with one attached hydrogen (secondary N) is 1. The zero-order valence-corrected chi connectivity index (χ0v) is 10.0. The van der Waals surface area contributed by atoms with Gasteiger partial charge in [-0.05, 0) is 19.9 Å². The van der Waals surface area contributed by atoms with E-state index in [1.165, 1.54) is 0 Å². The van der Waals surface area contributed by atoms with Crippen molar-refractivity contribution in [2.24, 2.45) is 7.05 Å². The van der Waals surface area contributed by atoms with Crippen LogP contribution < -0.4 is 5.32 Å². The Balaban J connectivity index is 2.42. The first-order valence-corrected chi connectivity index (χ1v) is 5.24. The van der Waals surface area contributed by atoms with Crippen molar-refractivity contribution >= 4 is 11.4 Å². The summed E-state index contributed by atoms with van der Waals surface area (Å²) < 4.78 is 1.70. The van der Waals surface area contributed by atoms with Gasteiger partial charge in [0.05, 0.1) is 28.8 Å². The zero-order valence-electron chi connectivity index (χ0n) is 10.0. The minimum Gasteiger partial charge on any atom is -0.352 e. The maximum absolute atomic E-state index is 9.12. The van der Waals surface area contributed by atoms with Gasteiger partial charge in [-0.25, -0.2) is 0 Å². The highest BCUT2D eigenvalue weighted by molar-refractivity contribution is 5.67. The molecule has 0 saturated heterocycles. The van der Waals surface area contributed by atoms with Gasteiger partial charge in [0.1, 0.15) is 6.07 Å². The van der Waals surface area contributed by atoms with Crippen LogP contribution in [-0.4, -0.2) is 14.8 Å². The van der Waals surface area contributed by atoms with Gasteiger partial charge in [-0.15, -0.1) is 0 Å². The van der Waals surface area contributed by atoms with Gasteiger partial charge >= 0.3 is 0 Å². The Morgan fingerprint density at radius 1 is 1.41 bits per heavy atom. The number of nitriles is 1. The van der Waals surface area contributed by atoms with Crippen molar-refractivity contribution in [3.63, 3.8) is 0 Å². The third kappa shape index (κ3) is 2.26. The van der Waals surface area contributed by atoms with Crippen LogP contribution in [0.25, 0.3) is 0 Å². The highest BCUT2D eigenvalue weighted by Crippen LogP contribution is 2.22. The van der Waals surface area contributed by atoms with E-state index in [-0.39, 0.29) is 0 Å². The maximum Gasteiger partial charge on any atom is 0.103 e. The van der Waals surface area contributed by atoms with Gasteiger partial charge in [-0.1, -0.05) is 0 Å². The number of anilines is 2. The Hall–Kier alpha value is -2.35. The summed E-state index contributed by atoms with van der Waals surface area (Å²) in [5.74, 6) is 0. The summed E-state index contributed by atoms with van der Waals surface area (Å²) in [5, 5.41) is 16.4. The van der Waals surface area contributed by atoms with Crippen molar-refractivity contribution in [2.75, 3.05) is 5.32 Å². The lowest BCUT2D eigenvalue weighted by atomic mass is 10.1. The predicted octanol–water partition coefficient (Wildman–Crippen LogP) is 2.05. The largest absolute Gasteiger partial charge is 0.352 e. The molecule has 0 saturated carbocycles. The fourth-order valence-electron chi connectivity index (χ4n) is 1.71. The van der Waals surface area contributed by atoms with E-state index in [1.807, 2.05) is 33.2 Å².